The van der Waals surface area contributed by atoms with Crippen molar-refractivity contribution in [3.05, 3.63) is 35.5 Å². The molecule has 0 spiro atoms. The molecule has 0 aliphatic heterocycles. The van der Waals surface area contributed by atoms with Crippen LogP contribution in [0.4, 0.5) is 0 Å². The van der Waals surface area contributed by atoms with Gasteiger partial charge in [-0.3, -0.25) is 4.79 Å². The lowest BCUT2D eigenvalue weighted by Crippen LogP contribution is -2.20. The van der Waals surface area contributed by atoms with Gasteiger partial charge in [0, 0.05) is 18.4 Å². The van der Waals surface area contributed by atoms with Gasteiger partial charge in [0.1, 0.15) is 0 Å². The third kappa shape index (κ3) is 4.02. The summed E-state index contributed by atoms with van der Waals surface area (Å²) < 4.78 is 0. The van der Waals surface area contributed by atoms with Crippen molar-refractivity contribution in [3.8, 4) is 0 Å². The van der Waals surface area contributed by atoms with Gasteiger partial charge in [0.25, 0.3) is 0 Å². The first-order chi connectivity index (χ1) is 7.90. The number of carbonyl (C=O) groups is 2. The zero-order valence-electron chi connectivity index (χ0n) is 10.4. The number of rotatable bonds is 3. The number of carboxylic acid groups (broad SMARTS) is 1. The van der Waals surface area contributed by atoms with E-state index in [-0.39, 0.29) is 17.6 Å². The minimum atomic E-state index is -0.939. The number of hydrogen-bond donors (Lipinski definition) is 1. The van der Waals surface area contributed by atoms with Crippen molar-refractivity contribution in [1.29, 1.82) is 0 Å². The summed E-state index contributed by atoms with van der Waals surface area (Å²) in [5.74, 6) is -0.255. The van der Waals surface area contributed by atoms with E-state index in [0.717, 1.165) is 5.57 Å². The van der Waals surface area contributed by atoms with Crippen LogP contribution in [-0.2, 0) is 9.59 Å². The van der Waals surface area contributed by atoms with Gasteiger partial charge in [-0.25, -0.2) is 4.79 Å². The Labute approximate surface area is 102 Å². The Morgan fingerprint density at radius 2 is 2.18 bits per heavy atom. The molecule has 0 radical (unpaired) electrons. The van der Waals surface area contributed by atoms with Crippen molar-refractivity contribution >= 4 is 11.8 Å². The maximum atomic E-state index is 11.3. The lowest BCUT2D eigenvalue weighted by atomic mass is 9.79. The standard InChI is InChI=1S/C14H18O3/c1-9(6-14(16)17)4-5-13-10(2)7-12(15)8-11(13)3/h4-7,11,13H,8H2,1-3H3,(H,16,17)/b5-4+,9-6-. The average molecular weight is 234 g/mol. The third-order valence-corrected chi connectivity index (χ3v) is 2.97. The van der Waals surface area contributed by atoms with Crippen LogP contribution in [-0.4, -0.2) is 16.9 Å². The molecule has 0 fully saturated rings. The highest BCUT2D eigenvalue weighted by atomic mass is 16.4. The summed E-state index contributed by atoms with van der Waals surface area (Å²) in [6.07, 6.45) is 7.22. The zero-order chi connectivity index (χ0) is 13.0. The monoisotopic (exact) mass is 234 g/mol. The molecule has 0 aromatic heterocycles. The Morgan fingerprint density at radius 3 is 2.71 bits per heavy atom. The smallest absolute Gasteiger partial charge is 0.328 e. The Bertz CT molecular complexity index is 413. The van der Waals surface area contributed by atoms with Crippen LogP contribution in [0.15, 0.2) is 35.5 Å². The van der Waals surface area contributed by atoms with Crippen molar-refractivity contribution in [2.24, 2.45) is 11.8 Å². The van der Waals surface area contributed by atoms with E-state index in [1.807, 2.05) is 26.0 Å². The molecule has 0 bridgehead atoms. The van der Waals surface area contributed by atoms with E-state index < -0.39 is 5.97 Å². The van der Waals surface area contributed by atoms with Crippen molar-refractivity contribution in [1.82, 2.24) is 0 Å². The molecule has 1 aliphatic rings. The lowest BCUT2D eigenvalue weighted by molar-refractivity contribution is -0.131. The molecule has 92 valence electrons. The fraction of sp³-hybridized carbons (Fsp3) is 0.429. The van der Waals surface area contributed by atoms with Gasteiger partial charge < -0.3 is 5.11 Å². The Kier molecular flexibility index (Phi) is 4.44. The normalized spacial score (nSPS) is 26.2. The van der Waals surface area contributed by atoms with E-state index in [9.17, 15) is 9.59 Å². The van der Waals surface area contributed by atoms with Gasteiger partial charge in [-0.2, -0.15) is 0 Å². The molecule has 2 atom stereocenters. The molecule has 17 heavy (non-hydrogen) atoms. The minimum Gasteiger partial charge on any atom is -0.478 e. The van der Waals surface area contributed by atoms with E-state index in [2.05, 4.69) is 0 Å². The number of hydrogen-bond acceptors (Lipinski definition) is 2. The molecular weight excluding hydrogens is 216 g/mol. The van der Waals surface area contributed by atoms with Crippen LogP contribution >= 0.6 is 0 Å². The number of allylic oxidation sites excluding steroid dienone is 5. The second-order valence-electron chi connectivity index (χ2n) is 4.65. The first-order valence-electron chi connectivity index (χ1n) is 5.70. The second-order valence-corrected chi connectivity index (χ2v) is 4.65. The van der Waals surface area contributed by atoms with Crippen LogP contribution in [0.1, 0.15) is 27.2 Å². The largest absolute Gasteiger partial charge is 0.478 e. The highest BCUT2D eigenvalue weighted by molar-refractivity contribution is 5.91. The molecule has 0 aromatic carbocycles. The molecule has 0 aromatic rings. The van der Waals surface area contributed by atoms with Gasteiger partial charge in [0.2, 0.25) is 0 Å². The molecule has 0 saturated carbocycles. The molecule has 0 heterocycles. The summed E-state index contributed by atoms with van der Waals surface area (Å²) in [7, 11) is 0. The van der Waals surface area contributed by atoms with Gasteiger partial charge in [-0.1, -0.05) is 24.6 Å². The summed E-state index contributed by atoms with van der Waals surface area (Å²) in [5.41, 5.74) is 1.75. The average Bonchev–Trinajstić information content (AvgIpc) is 2.14. The minimum absolute atomic E-state index is 0.178. The second kappa shape index (κ2) is 5.62. The fourth-order valence-electron chi connectivity index (χ4n) is 2.14. The van der Waals surface area contributed by atoms with Crippen molar-refractivity contribution in [3.63, 3.8) is 0 Å². The number of carbonyl (C=O) groups excluding carboxylic acids is 1. The van der Waals surface area contributed by atoms with Gasteiger partial charge >= 0.3 is 5.97 Å². The van der Waals surface area contributed by atoms with E-state index in [1.54, 1.807) is 13.0 Å². The molecule has 0 amide bonds. The van der Waals surface area contributed by atoms with E-state index >= 15 is 0 Å². The maximum absolute atomic E-state index is 11.3. The van der Waals surface area contributed by atoms with Crippen LogP contribution in [0, 0.1) is 11.8 Å². The summed E-state index contributed by atoms with van der Waals surface area (Å²) >= 11 is 0. The summed E-state index contributed by atoms with van der Waals surface area (Å²) in [4.78, 5) is 21.8. The van der Waals surface area contributed by atoms with Crippen LogP contribution < -0.4 is 0 Å². The van der Waals surface area contributed by atoms with Crippen LogP contribution in [0.5, 0.6) is 0 Å². The van der Waals surface area contributed by atoms with Crippen molar-refractivity contribution < 1.29 is 14.7 Å². The first-order valence-corrected chi connectivity index (χ1v) is 5.70. The Morgan fingerprint density at radius 1 is 1.53 bits per heavy atom. The van der Waals surface area contributed by atoms with Gasteiger partial charge in [-0.05, 0) is 31.4 Å². The highest BCUT2D eigenvalue weighted by Crippen LogP contribution is 2.29. The summed E-state index contributed by atoms with van der Waals surface area (Å²) in [5, 5.41) is 8.59. The summed E-state index contributed by atoms with van der Waals surface area (Å²) in [6.45, 7) is 5.74. The van der Waals surface area contributed by atoms with Crippen LogP contribution in [0.3, 0.4) is 0 Å². The molecule has 1 rings (SSSR count). The SMILES string of the molecule is CC1=CC(=O)CC(C)C1/C=C/C(C)=C\C(=O)O. The van der Waals surface area contributed by atoms with E-state index in [1.165, 1.54) is 6.08 Å². The van der Waals surface area contributed by atoms with Gasteiger partial charge in [0.15, 0.2) is 5.78 Å². The lowest BCUT2D eigenvalue weighted by Gasteiger charge is -2.25. The molecule has 0 saturated heterocycles. The predicted octanol–water partition coefficient (Wildman–Crippen LogP) is 2.74. The summed E-state index contributed by atoms with van der Waals surface area (Å²) in [6, 6.07) is 0. The first kappa shape index (κ1) is 13.4. The molecule has 3 nitrogen and oxygen atoms in total. The molecule has 1 aliphatic carbocycles. The molecule has 1 N–H and O–H groups in total. The van der Waals surface area contributed by atoms with Crippen molar-refractivity contribution in [2.75, 3.05) is 0 Å². The fourth-order valence-corrected chi connectivity index (χ4v) is 2.14. The molecular formula is C14H18O3. The van der Waals surface area contributed by atoms with Crippen molar-refractivity contribution in [2.45, 2.75) is 27.2 Å². The van der Waals surface area contributed by atoms with Gasteiger partial charge in [-0.15, -0.1) is 0 Å². The number of aliphatic carboxylic acids is 1. The number of ketones is 1. The maximum Gasteiger partial charge on any atom is 0.328 e. The topological polar surface area (TPSA) is 54.4 Å². The van der Waals surface area contributed by atoms with Crippen LogP contribution in [0.2, 0.25) is 0 Å². The highest BCUT2D eigenvalue weighted by Gasteiger charge is 2.23. The quantitative estimate of drug-likeness (QED) is 0.603. The Balaban J connectivity index is 2.81. The predicted molar refractivity (Wildman–Crippen MR) is 66.6 cm³/mol. The third-order valence-electron chi connectivity index (χ3n) is 2.97. The van der Waals surface area contributed by atoms with Crippen LogP contribution in [0.25, 0.3) is 0 Å². The molecule has 3 heteroatoms. The van der Waals surface area contributed by atoms with E-state index in [4.69, 9.17) is 5.11 Å². The van der Waals surface area contributed by atoms with E-state index in [0.29, 0.717) is 12.0 Å². The number of carboxylic acids is 1. The Hall–Kier alpha value is -1.64. The molecule has 2 unspecified atom stereocenters. The zero-order valence-corrected chi connectivity index (χ0v) is 10.4. The van der Waals surface area contributed by atoms with Gasteiger partial charge in [0.05, 0.1) is 0 Å².